The van der Waals surface area contributed by atoms with Gasteiger partial charge in [0.25, 0.3) is 0 Å². The van der Waals surface area contributed by atoms with E-state index in [-0.39, 0.29) is 6.61 Å². The monoisotopic (exact) mass is 368 g/mol. The van der Waals surface area contributed by atoms with Gasteiger partial charge in [-0.3, -0.25) is 4.90 Å². The first-order valence-corrected chi connectivity index (χ1v) is 12.0. The third kappa shape index (κ3) is 13.1. The van der Waals surface area contributed by atoms with Crippen molar-refractivity contribution < 1.29 is 5.11 Å². The topological polar surface area (TPSA) is 35.5 Å². The van der Waals surface area contributed by atoms with E-state index in [0.29, 0.717) is 6.17 Å². The highest BCUT2D eigenvalue weighted by molar-refractivity contribution is 4.75. The lowest BCUT2D eigenvalue weighted by atomic mass is 10.0. The number of hydrogen-bond acceptors (Lipinski definition) is 3. The average molecular weight is 369 g/mol. The summed E-state index contributed by atoms with van der Waals surface area (Å²) in [6.07, 6.45) is 24.4. The van der Waals surface area contributed by atoms with Gasteiger partial charge in [0.2, 0.25) is 0 Å². The Bertz CT molecular complexity index is 283. The molecule has 2 N–H and O–H groups in total. The van der Waals surface area contributed by atoms with Crippen molar-refractivity contribution in [2.24, 2.45) is 0 Å². The van der Waals surface area contributed by atoms with Crippen LogP contribution in [0.3, 0.4) is 0 Å². The maximum absolute atomic E-state index is 9.17. The molecule has 1 aliphatic heterocycles. The van der Waals surface area contributed by atoms with Gasteiger partial charge in [-0.1, -0.05) is 103 Å². The van der Waals surface area contributed by atoms with Gasteiger partial charge in [0.05, 0.1) is 12.8 Å². The van der Waals surface area contributed by atoms with Crippen molar-refractivity contribution in [2.45, 2.75) is 122 Å². The van der Waals surface area contributed by atoms with Crippen LogP contribution in [0.2, 0.25) is 0 Å². The van der Waals surface area contributed by atoms with E-state index in [1.54, 1.807) is 0 Å². The summed E-state index contributed by atoms with van der Waals surface area (Å²) in [4.78, 5) is 2.42. The molecule has 0 spiro atoms. The Kier molecular flexibility index (Phi) is 16.8. The third-order valence-electron chi connectivity index (χ3n) is 5.91. The van der Waals surface area contributed by atoms with Crippen LogP contribution in [0, 0.1) is 0 Å². The van der Waals surface area contributed by atoms with E-state index >= 15 is 0 Å². The minimum Gasteiger partial charge on any atom is -0.395 e. The van der Waals surface area contributed by atoms with Crippen LogP contribution in [0.4, 0.5) is 0 Å². The SMILES string of the molecule is CCCCCCCCCCCCCCCCCC1NCCCN1CCO. The quantitative estimate of drug-likeness (QED) is 0.297. The first kappa shape index (κ1) is 23.9. The Labute approximate surface area is 164 Å². The first-order chi connectivity index (χ1) is 12.9. The molecule has 1 fully saturated rings. The van der Waals surface area contributed by atoms with Gasteiger partial charge in [0.1, 0.15) is 0 Å². The average Bonchev–Trinajstić information content (AvgIpc) is 2.66. The lowest BCUT2D eigenvalue weighted by molar-refractivity contribution is 0.0957. The molecule has 156 valence electrons. The van der Waals surface area contributed by atoms with Crippen molar-refractivity contribution in [3.63, 3.8) is 0 Å². The minimum atomic E-state index is 0.289. The molecule has 0 aromatic rings. The van der Waals surface area contributed by atoms with Crippen LogP contribution in [-0.2, 0) is 0 Å². The normalized spacial score (nSPS) is 18.5. The summed E-state index contributed by atoms with van der Waals surface area (Å²) in [5.41, 5.74) is 0. The predicted molar refractivity (Wildman–Crippen MR) is 115 cm³/mol. The van der Waals surface area contributed by atoms with E-state index in [4.69, 9.17) is 0 Å². The Morgan fingerprint density at radius 2 is 1.27 bits per heavy atom. The molecule has 0 aromatic heterocycles. The van der Waals surface area contributed by atoms with Crippen LogP contribution in [0.1, 0.15) is 116 Å². The smallest absolute Gasteiger partial charge is 0.0597 e. The molecule has 1 unspecified atom stereocenters. The van der Waals surface area contributed by atoms with E-state index in [1.807, 2.05) is 0 Å². The van der Waals surface area contributed by atoms with Crippen molar-refractivity contribution in [3.8, 4) is 0 Å². The van der Waals surface area contributed by atoms with Crippen molar-refractivity contribution in [3.05, 3.63) is 0 Å². The van der Waals surface area contributed by atoms with Crippen molar-refractivity contribution in [1.82, 2.24) is 10.2 Å². The van der Waals surface area contributed by atoms with Gasteiger partial charge in [-0.15, -0.1) is 0 Å². The lowest BCUT2D eigenvalue weighted by Crippen LogP contribution is -2.52. The fourth-order valence-corrected chi connectivity index (χ4v) is 4.23. The Hall–Kier alpha value is -0.120. The number of aliphatic hydroxyl groups excluding tert-OH is 1. The summed E-state index contributed by atoms with van der Waals surface area (Å²) in [6, 6.07) is 0. The molecule has 1 atom stereocenters. The Morgan fingerprint density at radius 1 is 0.769 bits per heavy atom. The molecular formula is C23H48N2O. The zero-order valence-electron chi connectivity index (χ0n) is 17.8. The lowest BCUT2D eigenvalue weighted by Gasteiger charge is -2.36. The molecule has 1 heterocycles. The Balaban J connectivity index is 1.79. The van der Waals surface area contributed by atoms with Crippen molar-refractivity contribution >= 4 is 0 Å². The summed E-state index contributed by atoms with van der Waals surface area (Å²) in [6.45, 7) is 5.70. The molecule has 1 aliphatic rings. The molecule has 3 heteroatoms. The molecule has 1 rings (SSSR count). The summed E-state index contributed by atoms with van der Waals surface area (Å²) < 4.78 is 0. The molecule has 1 saturated heterocycles. The van der Waals surface area contributed by atoms with Gasteiger partial charge < -0.3 is 10.4 Å². The van der Waals surface area contributed by atoms with E-state index in [0.717, 1.165) is 19.6 Å². The summed E-state index contributed by atoms with van der Waals surface area (Å²) in [7, 11) is 0. The highest BCUT2D eigenvalue weighted by atomic mass is 16.3. The number of hydrogen-bond donors (Lipinski definition) is 2. The highest BCUT2D eigenvalue weighted by Gasteiger charge is 2.20. The molecule has 3 nitrogen and oxygen atoms in total. The van der Waals surface area contributed by atoms with Crippen LogP contribution >= 0.6 is 0 Å². The number of nitrogens with one attached hydrogen (secondary N) is 1. The van der Waals surface area contributed by atoms with Crippen LogP contribution in [0.25, 0.3) is 0 Å². The first-order valence-electron chi connectivity index (χ1n) is 12.0. The van der Waals surface area contributed by atoms with Gasteiger partial charge in [-0.2, -0.15) is 0 Å². The maximum Gasteiger partial charge on any atom is 0.0597 e. The van der Waals surface area contributed by atoms with Crippen molar-refractivity contribution in [1.29, 1.82) is 0 Å². The van der Waals surface area contributed by atoms with Gasteiger partial charge in [0.15, 0.2) is 0 Å². The second kappa shape index (κ2) is 18.3. The van der Waals surface area contributed by atoms with E-state index in [2.05, 4.69) is 17.1 Å². The zero-order valence-corrected chi connectivity index (χ0v) is 17.8. The summed E-state index contributed by atoms with van der Waals surface area (Å²) in [5.74, 6) is 0. The molecule has 0 aromatic carbocycles. The van der Waals surface area contributed by atoms with Crippen LogP contribution in [0.15, 0.2) is 0 Å². The molecule has 26 heavy (non-hydrogen) atoms. The van der Waals surface area contributed by atoms with Gasteiger partial charge in [-0.25, -0.2) is 0 Å². The highest BCUT2D eigenvalue weighted by Crippen LogP contribution is 2.15. The summed E-state index contributed by atoms with van der Waals surface area (Å²) in [5, 5.41) is 12.8. The fraction of sp³-hybridized carbons (Fsp3) is 1.00. The van der Waals surface area contributed by atoms with E-state index in [1.165, 1.54) is 109 Å². The molecule has 0 amide bonds. The number of nitrogens with zero attached hydrogens (tertiary/aromatic N) is 1. The third-order valence-corrected chi connectivity index (χ3v) is 5.91. The largest absolute Gasteiger partial charge is 0.395 e. The second-order valence-corrected chi connectivity index (χ2v) is 8.32. The number of β-amino-alcohol motifs (C(OH)–C–C–N with tert-alkyl or cyclic N) is 1. The summed E-state index contributed by atoms with van der Waals surface area (Å²) >= 11 is 0. The van der Waals surface area contributed by atoms with Crippen molar-refractivity contribution in [2.75, 3.05) is 26.2 Å². The minimum absolute atomic E-state index is 0.289. The Morgan fingerprint density at radius 3 is 1.77 bits per heavy atom. The van der Waals surface area contributed by atoms with Gasteiger partial charge in [0, 0.05) is 13.1 Å². The van der Waals surface area contributed by atoms with Crippen LogP contribution in [-0.4, -0.2) is 42.4 Å². The fourth-order valence-electron chi connectivity index (χ4n) is 4.23. The zero-order chi connectivity index (χ0) is 18.7. The predicted octanol–water partition coefficient (Wildman–Crippen LogP) is 5.86. The second-order valence-electron chi connectivity index (χ2n) is 8.32. The van der Waals surface area contributed by atoms with Gasteiger partial charge in [-0.05, 0) is 19.4 Å². The number of unbranched alkanes of at least 4 members (excludes halogenated alkanes) is 14. The molecule has 0 aliphatic carbocycles. The molecule has 0 saturated carbocycles. The van der Waals surface area contributed by atoms with E-state index < -0.39 is 0 Å². The molecule has 0 radical (unpaired) electrons. The van der Waals surface area contributed by atoms with Crippen LogP contribution < -0.4 is 5.32 Å². The van der Waals surface area contributed by atoms with Gasteiger partial charge >= 0.3 is 0 Å². The number of rotatable bonds is 18. The molecule has 0 bridgehead atoms. The van der Waals surface area contributed by atoms with E-state index in [9.17, 15) is 5.11 Å². The van der Waals surface area contributed by atoms with Crippen LogP contribution in [0.5, 0.6) is 0 Å². The number of aliphatic hydroxyl groups is 1. The standard InChI is InChI=1S/C23H48N2O/c1-2-3-4-5-6-7-8-9-10-11-12-13-14-15-16-18-23-24-19-17-20-25(23)21-22-26/h23-24,26H,2-22H2,1H3. The molecular weight excluding hydrogens is 320 g/mol. The maximum atomic E-state index is 9.17.